The van der Waals surface area contributed by atoms with Crippen LogP contribution in [0.2, 0.25) is 0 Å². The van der Waals surface area contributed by atoms with Gasteiger partial charge in [0.2, 0.25) is 5.91 Å². The maximum Gasteiger partial charge on any atom is 0.277 e. The van der Waals surface area contributed by atoms with Gasteiger partial charge in [-0.3, -0.25) is 4.79 Å². The van der Waals surface area contributed by atoms with Crippen LogP contribution in [0.3, 0.4) is 0 Å². The third-order valence-electron chi connectivity index (χ3n) is 4.98. The van der Waals surface area contributed by atoms with Gasteiger partial charge in [0.05, 0.1) is 18.3 Å². The lowest BCUT2D eigenvalue weighted by molar-refractivity contribution is -0.902. The summed E-state index contributed by atoms with van der Waals surface area (Å²) in [5.41, 5.74) is 3.13. The lowest BCUT2D eigenvalue weighted by Crippen LogP contribution is -3.08. The van der Waals surface area contributed by atoms with Gasteiger partial charge in [-0.15, -0.1) is 10.2 Å². The Bertz CT molecular complexity index is 784. The van der Waals surface area contributed by atoms with Crippen molar-refractivity contribution in [3.8, 4) is 0 Å². The fourth-order valence-corrected chi connectivity index (χ4v) is 4.10. The molecular weight excluding hydrogens is 360 g/mol. The van der Waals surface area contributed by atoms with E-state index in [1.807, 2.05) is 26.0 Å². The second kappa shape index (κ2) is 8.89. The largest absolute Gasteiger partial charge is 0.410 e. The number of hydrogen-bond acceptors (Lipinski definition) is 5. The number of carbonyl (C=O) groups excluding carboxylic acids is 1. The maximum absolute atomic E-state index is 12.7. The number of likely N-dealkylation sites (tertiary alicyclic amines) is 1. The quantitative estimate of drug-likeness (QED) is 0.713. The molecule has 1 aliphatic heterocycles. The molecule has 1 aromatic heterocycles. The van der Waals surface area contributed by atoms with E-state index in [-0.39, 0.29) is 11.2 Å². The van der Waals surface area contributed by atoms with Crippen molar-refractivity contribution < 1.29 is 14.1 Å². The molecule has 0 saturated carbocycles. The molecular formula is C20H29N4O2S+. The van der Waals surface area contributed by atoms with E-state index in [2.05, 4.69) is 35.4 Å². The average molecular weight is 390 g/mol. The lowest BCUT2D eigenvalue weighted by atomic mass is 9.98. The van der Waals surface area contributed by atoms with Crippen molar-refractivity contribution in [3.05, 3.63) is 35.2 Å². The molecule has 1 saturated heterocycles. The van der Waals surface area contributed by atoms with Crippen molar-refractivity contribution in [2.75, 3.05) is 18.4 Å². The van der Waals surface area contributed by atoms with Gasteiger partial charge in [0.25, 0.3) is 11.1 Å². The van der Waals surface area contributed by atoms with Gasteiger partial charge in [-0.25, -0.2) is 0 Å². The predicted octanol–water partition coefficient (Wildman–Crippen LogP) is 2.80. The van der Waals surface area contributed by atoms with Crippen LogP contribution < -0.4 is 10.2 Å². The molecule has 27 heavy (non-hydrogen) atoms. The van der Waals surface area contributed by atoms with E-state index in [9.17, 15) is 4.79 Å². The fraction of sp³-hybridized carbons (Fsp3) is 0.550. The molecule has 1 aliphatic rings. The van der Waals surface area contributed by atoms with Crippen LogP contribution in [-0.2, 0) is 11.3 Å². The molecule has 146 valence electrons. The highest BCUT2D eigenvalue weighted by molar-refractivity contribution is 8.00. The Labute approximate surface area is 165 Å². The van der Waals surface area contributed by atoms with Crippen LogP contribution in [0.25, 0.3) is 0 Å². The standard InChI is InChI=1S/C20H28N4O2S/c1-13(2)16-9-7-8-14(3)18(16)21-19(25)15(4)27-20-23-22-17(26-20)12-24-10-5-6-11-24/h7-9,13,15H,5-6,10-12H2,1-4H3,(H,21,25)/p+1/t15-/m0/s1. The van der Waals surface area contributed by atoms with E-state index in [1.165, 1.54) is 29.5 Å². The second-order valence-corrected chi connectivity index (χ2v) is 8.83. The molecule has 0 unspecified atom stereocenters. The van der Waals surface area contributed by atoms with Gasteiger partial charge in [-0.1, -0.05) is 43.8 Å². The van der Waals surface area contributed by atoms with Crippen molar-refractivity contribution in [2.24, 2.45) is 0 Å². The number of nitrogens with zero attached hydrogens (tertiary/aromatic N) is 2. The first-order valence-corrected chi connectivity index (χ1v) is 10.5. The van der Waals surface area contributed by atoms with Gasteiger partial charge >= 0.3 is 0 Å². The number of rotatable bonds is 7. The van der Waals surface area contributed by atoms with Crippen LogP contribution in [0.4, 0.5) is 5.69 Å². The Kier molecular flexibility index (Phi) is 6.55. The van der Waals surface area contributed by atoms with E-state index in [4.69, 9.17) is 4.42 Å². The summed E-state index contributed by atoms with van der Waals surface area (Å²) in [4.78, 5) is 14.2. The zero-order valence-electron chi connectivity index (χ0n) is 16.5. The number of aryl methyl sites for hydroxylation is 1. The van der Waals surface area contributed by atoms with Crippen LogP contribution in [-0.4, -0.2) is 34.4 Å². The molecule has 0 radical (unpaired) electrons. The summed E-state index contributed by atoms with van der Waals surface area (Å²) < 4.78 is 5.74. The van der Waals surface area contributed by atoms with Crippen molar-refractivity contribution in [2.45, 2.75) is 63.5 Å². The van der Waals surface area contributed by atoms with E-state index in [1.54, 1.807) is 0 Å². The monoisotopic (exact) mass is 389 g/mol. The number of anilines is 1. The topological polar surface area (TPSA) is 72.5 Å². The molecule has 1 fully saturated rings. The highest BCUT2D eigenvalue weighted by Gasteiger charge is 2.23. The van der Waals surface area contributed by atoms with E-state index in [0.717, 1.165) is 36.4 Å². The van der Waals surface area contributed by atoms with Gasteiger partial charge < -0.3 is 14.6 Å². The first-order chi connectivity index (χ1) is 12.9. The van der Waals surface area contributed by atoms with Gasteiger partial charge in [0.1, 0.15) is 0 Å². The highest BCUT2D eigenvalue weighted by Crippen LogP contribution is 2.29. The van der Waals surface area contributed by atoms with Gasteiger partial charge in [-0.2, -0.15) is 0 Å². The smallest absolute Gasteiger partial charge is 0.277 e. The van der Waals surface area contributed by atoms with Crippen LogP contribution in [0.5, 0.6) is 0 Å². The van der Waals surface area contributed by atoms with Gasteiger partial charge in [-0.05, 0) is 30.9 Å². The van der Waals surface area contributed by atoms with Crippen LogP contribution in [0.15, 0.2) is 27.8 Å². The minimum absolute atomic E-state index is 0.0545. The number of amides is 1. The molecule has 0 bridgehead atoms. The van der Waals surface area contributed by atoms with Crippen molar-refractivity contribution in [1.29, 1.82) is 0 Å². The molecule has 7 heteroatoms. The predicted molar refractivity (Wildman–Crippen MR) is 107 cm³/mol. The lowest BCUT2D eigenvalue weighted by Gasteiger charge is -2.18. The average Bonchev–Trinajstić information content (AvgIpc) is 3.29. The zero-order valence-corrected chi connectivity index (χ0v) is 17.4. The van der Waals surface area contributed by atoms with E-state index >= 15 is 0 Å². The molecule has 2 aromatic rings. The summed E-state index contributed by atoms with van der Waals surface area (Å²) in [5.74, 6) is 0.943. The van der Waals surface area contributed by atoms with Crippen molar-refractivity contribution in [1.82, 2.24) is 10.2 Å². The fourth-order valence-electron chi connectivity index (χ4n) is 3.39. The minimum atomic E-state index is -0.322. The molecule has 1 amide bonds. The number of aromatic nitrogens is 2. The number of thioether (sulfide) groups is 1. The molecule has 1 atom stereocenters. The SMILES string of the molecule is Cc1cccc(C(C)C)c1NC(=O)[C@H](C)Sc1nnc(C[NH+]2CCCC2)o1. The second-order valence-electron chi connectivity index (χ2n) is 7.54. The molecule has 2 N–H and O–H groups in total. The number of hydrogen-bond donors (Lipinski definition) is 2. The summed E-state index contributed by atoms with van der Waals surface area (Å²) >= 11 is 1.31. The molecule has 1 aromatic carbocycles. The Balaban J connectivity index is 1.61. The van der Waals surface area contributed by atoms with Crippen molar-refractivity contribution >= 4 is 23.4 Å². The van der Waals surface area contributed by atoms with Gasteiger partial charge in [0.15, 0.2) is 6.54 Å². The summed E-state index contributed by atoms with van der Waals surface area (Å²) in [7, 11) is 0. The number of carbonyl (C=O) groups is 1. The molecule has 3 rings (SSSR count). The number of benzene rings is 1. The Morgan fingerprint density at radius 1 is 1.26 bits per heavy atom. The third kappa shape index (κ3) is 5.11. The Hall–Kier alpha value is -1.86. The first kappa shape index (κ1) is 19.9. The Morgan fingerprint density at radius 3 is 2.70 bits per heavy atom. The normalized spacial score (nSPS) is 16.0. The molecule has 0 spiro atoms. The van der Waals surface area contributed by atoms with Crippen LogP contribution in [0.1, 0.15) is 56.5 Å². The zero-order chi connectivity index (χ0) is 19.4. The number of para-hydroxylation sites is 1. The number of nitrogens with one attached hydrogen (secondary N) is 2. The summed E-state index contributed by atoms with van der Waals surface area (Å²) in [5, 5.41) is 11.5. The first-order valence-electron chi connectivity index (χ1n) is 9.67. The maximum atomic E-state index is 12.7. The third-order valence-corrected chi connectivity index (χ3v) is 5.92. The summed E-state index contributed by atoms with van der Waals surface area (Å²) in [6, 6.07) is 6.11. The van der Waals surface area contributed by atoms with Crippen molar-refractivity contribution in [3.63, 3.8) is 0 Å². The minimum Gasteiger partial charge on any atom is -0.410 e. The summed E-state index contributed by atoms with van der Waals surface area (Å²) in [6.45, 7) is 11.2. The van der Waals surface area contributed by atoms with Crippen LogP contribution >= 0.6 is 11.8 Å². The van der Waals surface area contributed by atoms with E-state index in [0.29, 0.717) is 17.0 Å². The molecule has 6 nitrogen and oxygen atoms in total. The summed E-state index contributed by atoms with van der Waals surface area (Å²) in [6.07, 6.45) is 2.53. The van der Waals surface area contributed by atoms with E-state index < -0.39 is 0 Å². The molecule has 0 aliphatic carbocycles. The van der Waals surface area contributed by atoms with Gasteiger partial charge in [0, 0.05) is 18.5 Å². The molecule has 2 heterocycles. The number of quaternary nitrogens is 1. The van der Waals surface area contributed by atoms with Crippen LogP contribution in [0, 0.1) is 6.92 Å². The Morgan fingerprint density at radius 2 is 2.00 bits per heavy atom. The highest BCUT2D eigenvalue weighted by atomic mass is 32.2.